The zero-order valence-electron chi connectivity index (χ0n) is 17.1. The molecule has 0 heterocycles. The Balaban J connectivity index is 1.94. The molecule has 2 rings (SSSR count). The van der Waals surface area contributed by atoms with Gasteiger partial charge in [0.1, 0.15) is 0 Å². The average Bonchev–Trinajstić information content (AvgIpc) is 2.67. The van der Waals surface area contributed by atoms with Crippen LogP contribution in [0, 0.1) is 13.8 Å². The highest BCUT2D eigenvalue weighted by Crippen LogP contribution is 2.27. The molecule has 27 heavy (non-hydrogen) atoms. The molecule has 5 heteroatoms. The minimum absolute atomic E-state index is 0.00300. The second kappa shape index (κ2) is 9.42. The molecule has 0 aliphatic rings. The Morgan fingerprint density at radius 2 is 1.78 bits per heavy atom. The fraction of sp³-hybridized carbons (Fsp3) is 0.409. The predicted octanol–water partition coefficient (Wildman–Crippen LogP) is 3.82. The van der Waals surface area contributed by atoms with Gasteiger partial charge in [0.25, 0.3) is 0 Å². The summed E-state index contributed by atoms with van der Waals surface area (Å²) in [6.45, 7) is 6.74. The molecule has 0 saturated heterocycles. The molecule has 0 radical (unpaired) electrons. The fourth-order valence-electron chi connectivity index (χ4n) is 2.93. The summed E-state index contributed by atoms with van der Waals surface area (Å²) in [5.41, 5.74) is 4.27. The van der Waals surface area contributed by atoms with Gasteiger partial charge in [0.2, 0.25) is 5.91 Å². The van der Waals surface area contributed by atoms with E-state index in [9.17, 15) is 4.79 Å². The summed E-state index contributed by atoms with van der Waals surface area (Å²) in [5, 5.41) is 3.03. The molecular weight excluding hydrogens is 340 g/mol. The number of benzene rings is 2. The number of ether oxygens (including phenoxy) is 2. The summed E-state index contributed by atoms with van der Waals surface area (Å²) < 4.78 is 10.6. The van der Waals surface area contributed by atoms with Gasteiger partial charge in [-0.2, -0.15) is 0 Å². The third-order valence-electron chi connectivity index (χ3n) is 4.88. The Labute approximate surface area is 162 Å². The lowest BCUT2D eigenvalue weighted by molar-refractivity contribution is -0.120. The first-order valence-corrected chi connectivity index (χ1v) is 9.15. The van der Waals surface area contributed by atoms with Crippen LogP contribution in [0.5, 0.6) is 11.5 Å². The monoisotopic (exact) mass is 370 g/mol. The van der Waals surface area contributed by atoms with Gasteiger partial charge >= 0.3 is 0 Å². The molecule has 2 aromatic rings. The van der Waals surface area contributed by atoms with Crippen LogP contribution in [-0.2, 0) is 11.2 Å². The van der Waals surface area contributed by atoms with Crippen LogP contribution in [0.1, 0.15) is 23.6 Å². The van der Waals surface area contributed by atoms with E-state index in [2.05, 4.69) is 16.3 Å². The normalized spacial score (nSPS) is 12.0. The lowest BCUT2D eigenvalue weighted by Crippen LogP contribution is -2.40. The Kier molecular flexibility index (Phi) is 7.25. The fourth-order valence-corrected chi connectivity index (χ4v) is 2.93. The zero-order chi connectivity index (χ0) is 20.0. The molecule has 0 fully saturated rings. The van der Waals surface area contributed by atoms with E-state index in [1.165, 1.54) is 5.56 Å². The molecule has 0 spiro atoms. The molecule has 0 bridgehead atoms. The van der Waals surface area contributed by atoms with Crippen molar-refractivity contribution < 1.29 is 14.3 Å². The van der Waals surface area contributed by atoms with Gasteiger partial charge in [-0.1, -0.05) is 23.8 Å². The zero-order valence-corrected chi connectivity index (χ0v) is 17.1. The summed E-state index contributed by atoms with van der Waals surface area (Å²) in [7, 11) is 5.22. The van der Waals surface area contributed by atoms with E-state index in [4.69, 9.17) is 9.47 Å². The van der Waals surface area contributed by atoms with Crippen molar-refractivity contribution in [3.63, 3.8) is 0 Å². The van der Waals surface area contributed by atoms with Crippen LogP contribution in [0.15, 0.2) is 36.4 Å². The Morgan fingerprint density at radius 3 is 2.41 bits per heavy atom. The predicted molar refractivity (Wildman–Crippen MR) is 110 cm³/mol. The number of hydrogen-bond acceptors (Lipinski definition) is 4. The number of hydrogen-bond donors (Lipinski definition) is 1. The van der Waals surface area contributed by atoms with Crippen molar-refractivity contribution in [2.45, 2.75) is 33.2 Å². The van der Waals surface area contributed by atoms with E-state index in [1.807, 2.05) is 58.2 Å². The molecule has 0 aliphatic heterocycles. The molecule has 0 unspecified atom stereocenters. The first kappa shape index (κ1) is 20.8. The summed E-state index contributed by atoms with van der Waals surface area (Å²) in [4.78, 5) is 14.6. The molecule has 146 valence electrons. The highest BCUT2D eigenvalue weighted by molar-refractivity contribution is 5.95. The van der Waals surface area contributed by atoms with Crippen molar-refractivity contribution in [3.8, 4) is 11.5 Å². The van der Waals surface area contributed by atoms with E-state index in [-0.39, 0.29) is 11.9 Å². The van der Waals surface area contributed by atoms with Crippen LogP contribution in [0.2, 0.25) is 0 Å². The number of anilines is 1. The molecule has 0 aliphatic carbocycles. The summed E-state index contributed by atoms with van der Waals surface area (Å²) >= 11 is 0. The van der Waals surface area contributed by atoms with Gasteiger partial charge in [0.15, 0.2) is 11.5 Å². The van der Waals surface area contributed by atoms with E-state index < -0.39 is 0 Å². The highest BCUT2D eigenvalue weighted by Gasteiger charge is 2.18. The maximum Gasteiger partial charge on any atom is 0.241 e. The number of amides is 1. The Hall–Kier alpha value is -2.53. The molecule has 1 N–H and O–H groups in total. The summed E-state index contributed by atoms with van der Waals surface area (Å²) in [6, 6.07) is 11.7. The first-order chi connectivity index (χ1) is 12.8. The van der Waals surface area contributed by atoms with Crippen LogP contribution in [0.4, 0.5) is 5.69 Å². The first-order valence-electron chi connectivity index (χ1n) is 9.15. The second-order valence-electron chi connectivity index (χ2n) is 6.90. The maximum absolute atomic E-state index is 12.6. The van der Waals surface area contributed by atoms with Crippen LogP contribution < -0.4 is 14.8 Å². The largest absolute Gasteiger partial charge is 0.493 e. The number of methoxy groups -OCH3 is 2. The van der Waals surface area contributed by atoms with Crippen molar-refractivity contribution >= 4 is 11.6 Å². The third kappa shape index (κ3) is 5.47. The molecular formula is C22H30N2O3. The Morgan fingerprint density at radius 1 is 1.07 bits per heavy atom. The molecule has 2 aromatic carbocycles. The lowest BCUT2D eigenvalue weighted by atomic mass is 10.1. The van der Waals surface area contributed by atoms with Gasteiger partial charge in [-0.25, -0.2) is 0 Å². The number of nitrogens with zero attached hydrogens (tertiary/aromatic N) is 1. The van der Waals surface area contributed by atoms with Gasteiger partial charge in [-0.3, -0.25) is 9.69 Å². The number of rotatable bonds is 8. The number of carbonyl (C=O) groups is 1. The van der Waals surface area contributed by atoms with Gasteiger partial charge in [0.05, 0.1) is 20.3 Å². The van der Waals surface area contributed by atoms with Crippen molar-refractivity contribution in [2.75, 3.05) is 33.1 Å². The highest BCUT2D eigenvalue weighted by atomic mass is 16.5. The lowest BCUT2D eigenvalue weighted by Gasteiger charge is -2.24. The topological polar surface area (TPSA) is 50.8 Å². The molecule has 1 amide bonds. The molecule has 5 nitrogen and oxygen atoms in total. The minimum Gasteiger partial charge on any atom is -0.493 e. The van der Waals surface area contributed by atoms with Crippen molar-refractivity contribution in [1.82, 2.24) is 4.90 Å². The minimum atomic E-state index is -0.231. The maximum atomic E-state index is 12.6. The van der Waals surface area contributed by atoms with Crippen LogP contribution in [0.25, 0.3) is 0 Å². The van der Waals surface area contributed by atoms with Crippen LogP contribution in [0.3, 0.4) is 0 Å². The van der Waals surface area contributed by atoms with E-state index in [0.717, 1.165) is 41.3 Å². The number of carbonyl (C=O) groups excluding carboxylic acids is 1. The van der Waals surface area contributed by atoms with Crippen molar-refractivity contribution in [1.29, 1.82) is 0 Å². The van der Waals surface area contributed by atoms with Gasteiger partial charge in [0, 0.05) is 12.2 Å². The van der Waals surface area contributed by atoms with Crippen LogP contribution in [-0.4, -0.2) is 44.7 Å². The van der Waals surface area contributed by atoms with E-state index >= 15 is 0 Å². The third-order valence-corrected chi connectivity index (χ3v) is 4.88. The van der Waals surface area contributed by atoms with Gasteiger partial charge in [-0.05, 0) is 63.6 Å². The van der Waals surface area contributed by atoms with Crippen LogP contribution >= 0.6 is 0 Å². The van der Waals surface area contributed by atoms with E-state index in [1.54, 1.807) is 14.2 Å². The summed E-state index contributed by atoms with van der Waals surface area (Å²) in [5.74, 6) is 1.44. The van der Waals surface area contributed by atoms with Gasteiger partial charge in [-0.15, -0.1) is 0 Å². The standard InChI is InChI=1S/C22H30N2O3/c1-15-7-9-19(16(2)13-15)23-22(25)17(3)24(4)12-11-18-8-10-20(26-5)21(14-18)27-6/h7-10,13-14,17H,11-12H2,1-6H3,(H,23,25)/t17-/m1/s1. The van der Waals surface area contributed by atoms with Crippen molar-refractivity contribution in [3.05, 3.63) is 53.1 Å². The van der Waals surface area contributed by atoms with E-state index in [0.29, 0.717) is 0 Å². The number of aryl methyl sites for hydroxylation is 2. The summed E-state index contributed by atoms with van der Waals surface area (Å²) in [6.07, 6.45) is 0.817. The average molecular weight is 370 g/mol. The van der Waals surface area contributed by atoms with Gasteiger partial charge < -0.3 is 14.8 Å². The molecule has 0 saturated carbocycles. The number of nitrogens with one attached hydrogen (secondary N) is 1. The smallest absolute Gasteiger partial charge is 0.241 e. The second-order valence-corrected chi connectivity index (χ2v) is 6.90. The Bertz CT molecular complexity index is 789. The quantitative estimate of drug-likeness (QED) is 0.767. The molecule has 0 aromatic heterocycles. The SMILES string of the molecule is COc1ccc(CCN(C)[C@H](C)C(=O)Nc2ccc(C)cc2C)cc1OC. The molecule has 1 atom stereocenters. The van der Waals surface area contributed by atoms with Crippen molar-refractivity contribution in [2.24, 2.45) is 0 Å². The number of likely N-dealkylation sites (N-methyl/N-ethyl adjacent to an activating group) is 1.